The number of amides is 1. The Kier molecular flexibility index (Phi) is 9.58. The number of carbonyl (C=O) groups is 1. The molecule has 0 spiro atoms. The maximum absolute atomic E-state index is 13.6. The molecule has 1 aliphatic rings. The smallest absolute Gasteiger partial charge is 0.254 e. The number of halogens is 2. The zero-order valence-electron chi connectivity index (χ0n) is 24.0. The quantitative estimate of drug-likeness (QED) is 0.192. The van der Waals surface area contributed by atoms with E-state index in [0.29, 0.717) is 27.0 Å². The molecule has 0 N–H and O–H groups in total. The first-order valence-corrected chi connectivity index (χ1v) is 17.0. The second kappa shape index (κ2) is 13.2. The molecule has 0 unspecified atom stereocenters. The summed E-state index contributed by atoms with van der Waals surface area (Å²) in [6.45, 7) is 3.18. The van der Waals surface area contributed by atoms with Crippen LogP contribution in [0.15, 0.2) is 89.8 Å². The van der Waals surface area contributed by atoms with Crippen LogP contribution in [0.5, 0.6) is 0 Å². The number of likely N-dealkylation sites (N-methyl/N-ethyl adjacent to an activating group) is 1. The van der Waals surface area contributed by atoms with Crippen molar-refractivity contribution < 1.29 is 13.2 Å². The standard InChI is InChI=1S/C34H36Cl2N2O3S/c1-37(34(39)30-12-7-9-24-8-3-4-10-28(24)30)23-27(26-14-15-31(35)32(36)22-26)18-21-38-19-16-25(17-20-38)29-11-5-6-13-33(29)42(2,40)41/h3-15,22,25,27H,16-21,23H2,1-2H3/t27-/m1/s1. The molecule has 220 valence electrons. The van der Waals surface area contributed by atoms with E-state index in [1.165, 1.54) is 6.26 Å². The Bertz CT molecular complexity index is 1680. The zero-order chi connectivity index (χ0) is 29.9. The minimum absolute atomic E-state index is 0.0118. The zero-order valence-corrected chi connectivity index (χ0v) is 26.3. The summed E-state index contributed by atoms with van der Waals surface area (Å²) in [5.74, 6) is 0.275. The van der Waals surface area contributed by atoms with E-state index in [1.54, 1.807) is 12.1 Å². The van der Waals surface area contributed by atoms with Crippen molar-refractivity contribution in [3.63, 3.8) is 0 Å². The van der Waals surface area contributed by atoms with E-state index in [9.17, 15) is 13.2 Å². The van der Waals surface area contributed by atoms with Gasteiger partial charge in [0, 0.05) is 31.3 Å². The second-order valence-corrected chi connectivity index (χ2v) is 14.1. The molecule has 4 aromatic rings. The van der Waals surface area contributed by atoms with Crippen molar-refractivity contribution in [1.29, 1.82) is 0 Å². The SMILES string of the molecule is CN(C[C@@H](CCN1CCC(c2ccccc2S(C)(=O)=O)CC1)c1ccc(Cl)c(Cl)c1)C(=O)c1cccc2ccccc12. The van der Waals surface area contributed by atoms with E-state index in [1.807, 2.05) is 84.7 Å². The third-order valence-electron chi connectivity index (χ3n) is 8.42. The number of hydrogen-bond acceptors (Lipinski definition) is 4. The summed E-state index contributed by atoms with van der Waals surface area (Å²) in [7, 11) is -1.41. The molecular weight excluding hydrogens is 587 g/mol. The lowest BCUT2D eigenvalue weighted by molar-refractivity contribution is 0.0783. The van der Waals surface area contributed by atoms with E-state index >= 15 is 0 Å². The number of likely N-dealkylation sites (tertiary alicyclic amines) is 1. The van der Waals surface area contributed by atoms with Crippen molar-refractivity contribution in [1.82, 2.24) is 9.80 Å². The number of rotatable bonds is 9. The minimum Gasteiger partial charge on any atom is -0.341 e. The molecule has 42 heavy (non-hydrogen) atoms. The summed E-state index contributed by atoms with van der Waals surface area (Å²) in [6.07, 6.45) is 3.94. The van der Waals surface area contributed by atoms with Gasteiger partial charge in [-0.2, -0.15) is 0 Å². The predicted molar refractivity (Wildman–Crippen MR) is 173 cm³/mol. The lowest BCUT2D eigenvalue weighted by Crippen LogP contribution is -2.36. The Hall–Kier alpha value is -2.90. The molecule has 5 rings (SSSR count). The third-order valence-corrected chi connectivity index (χ3v) is 10.3. The number of piperidine rings is 1. The molecule has 0 saturated carbocycles. The highest BCUT2D eigenvalue weighted by atomic mass is 35.5. The Morgan fingerprint density at radius 2 is 1.62 bits per heavy atom. The van der Waals surface area contributed by atoms with Crippen molar-refractivity contribution in [3.05, 3.63) is 112 Å². The highest BCUT2D eigenvalue weighted by Crippen LogP contribution is 2.34. The molecule has 1 aliphatic heterocycles. The predicted octanol–water partition coefficient (Wildman–Crippen LogP) is 7.68. The van der Waals surface area contributed by atoms with Crippen molar-refractivity contribution in [2.45, 2.75) is 36.0 Å². The lowest BCUT2D eigenvalue weighted by Gasteiger charge is -2.34. The van der Waals surface area contributed by atoms with Crippen LogP contribution < -0.4 is 0 Å². The summed E-state index contributed by atoms with van der Waals surface area (Å²) in [6, 6.07) is 26.9. The summed E-state index contributed by atoms with van der Waals surface area (Å²) < 4.78 is 24.7. The molecular formula is C34H36Cl2N2O3S. The highest BCUT2D eigenvalue weighted by molar-refractivity contribution is 7.90. The summed E-state index contributed by atoms with van der Waals surface area (Å²) in [5.41, 5.74) is 2.68. The van der Waals surface area contributed by atoms with Crippen molar-refractivity contribution in [2.24, 2.45) is 0 Å². The highest BCUT2D eigenvalue weighted by Gasteiger charge is 2.26. The van der Waals surface area contributed by atoms with Gasteiger partial charge in [-0.1, -0.05) is 83.9 Å². The van der Waals surface area contributed by atoms with Crippen LogP contribution in [-0.2, 0) is 9.84 Å². The van der Waals surface area contributed by atoms with Crippen LogP contribution in [0.2, 0.25) is 10.0 Å². The van der Waals surface area contributed by atoms with E-state index in [4.69, 9.17) is 23.2 Å². The van der Waals surface area contributed by atoms with Crippen LogP contribution in [0.4, 0.5) is 0 Å². The van der Waals surface area contributed by atoms with E-state index in [-0.39, 0.29) is 17.7 Å². The molecule has 1 fully saturated rings. The fourth-order valence-corrected chi connectivity index (χ4v) is 7.42. The average molecular weight is 624 g/mol. The molecule has 0 radical (unpaired) electrons. The van der Waals surface area contributed by atoms with Crippen molar-refractivity contribution >= 4 is 49.7 Å². The monoisotopic (exact) mass is 622 g/mol. The number of hydrogen-bond donors (Lipinski definition) is 0. The van der Waals surface area contributed by atoms with Gasteiger partial charge in [0.15, 0.2) is 9.84 Å². The van der Waals surface area contributed by atoms with E-state index < -0.39 is 9.84 Å². The molecule has 0 bridgehead atoms. The molecule has 1 saturated heterocycles. The first-order valence-electron chi connectivity index (χ1n) is 14.3. The van der Waals surface area contributed by atoms with Crippen LogP contribution in [0.25, 0.3) is 10.8 Å². The fraction of sp³-hybridized carbons (Fsp3) is 0.324. The van der Waals surface area contributed by atoms with Crippen molar-refractivity contribution in [3.8, 4) is 0 Å². The van der Waals surface area contributed by atoms with E-state index in [0.717, 1.165) is 60.8 Å². The fourth-order valence-electron chi connectivity index (χ4n) is 6.12. The first kappa shape index (κ1) is 30.6. The topological polar surface area (TPSA) is 57.7 Å². The van der Waals surface area contributed by atoms with Gasteiger partial charge >= 0.3 is 0 Å². The van der Waals surface area contributed by atoms with Gasteiger partial charge in [0.25, 0.3) is 5.91 Å². The molecule has 1 atom stereocenters. The van der Waals surface area contributed by atoms with Gasteiger partial charge in [-0.25, -0.2) is 8.42 Å². The van der Waals surface area contributed by atoms with Crippen molar-refractivity contribution in [2.75, 3.05) is 39.5 Å². The van der Waals surface area contributed by atoms with Gasteiger partial charge in [0.1, 0.15) is 0 Å². The van der Waals surface area contributed by atoms with Gasteiger partial charge in [0.05, 0.1) is 14.9 Å². The van der Waals surface area contributed by atoms with Crippen LogP contribution >= 0.6 is 23.2 Å². The molecule has 8 heteroatoms. The molecule has 4 aromatic carbocycles. The van der Waals surface area contributed by atoms with Gasteiger partial charge < -0.3 is 9.80 Å². The van der Waals surface area contributed by atoms with Crippen LogP contribution in [0, 0.1) is 0 Å². The first-order chi connectivity index (χ1) is 20.1. The van der Waals surface area contributed by atoms with Gasteiger partial charge in [-0.3, -0.25) is 4.79 Å². The Morgan fingerprint density at radius 3 is 2.36 bits per heavy atom. The van der Waals surface area contributed by atoms with Gasteiger partial charge in [0.2, 0.25) is 0 Å². The van der Waals surface area contributed by atoms with Crippen LogP contribution in [0.3, 0.4) is 0 Å². The number of carbonyl (C=O) groups excluding carboxylic acids is 1. The van der Waals surface area contributed by atoms with Crippen LogP contribution in [0.1, 0.15) is 52.6 Å². The maximum Gasteiger partial charge on any atom is 0.254 e. The average Bonchev–Trinajstić information content (AvgIpc) is 2.99. The molecule has 0 aromatic heterocycles. The van der Waals surface area contributed by atoms with Gasteiger partial charge in [-0.05, 0) is 91.0 Å². The number of sulfone groups is 1. The Morgan fingerprint density at radius 1 is 0.929 bits per heavy atom. The molecule has 5 nitrogen and oxygen atoms in total. The lowest BCUT2D eigenvalue weighted by atomic mass is 9.88. The van der Waals surface area contributed by atoms with Crippen LogP contribution in [-0.4, -0.2) is 63.6 Å². The maximum atomic E-state index is 13.6. The molecule has 1 amide bonds. The number of benzene rings is 4. The third kappa shape index (κ3) is 7.00. The summed E-state index contributed by atoms with van der Waals surface area (Å²) in [5, 5.41) is 3.01. The van der Waals surface area contributed by atoms with Gasteiger partial charge in [-0.15, -0.1) is 0 Å². The molecule has 1 heterocycles. The van der Waals surface area contributed by atoms with E-state index in [2.05, 4.69) is 4.90 Å². The second-order valence-electron chi connectivity index (χ2n) is 11.3. The number of fused-ring (bicyclic) bond motifs is 1. The minimum atomic E-state index is -3.27. The summed E-state index contributed by atoms with van der Waals surface area (Å²) in [4.78, 5) is 18.3. The molecule has 0 aliphatic carbocycles. The Labute approximate surface area is 259 Å². The summed E-state index contributed by atoms with van der Waals surface area (Å²) >= 11 is 12.7. The largest absolute Gasteiger partial charge is 0.341 e. The number of nitrogens with zero attached hydrogens (tertiary/aromatic N) is 2. The Balaban J connectivity index is 1.28. The normalized spacial score (nSPS) is 15.5.